The van der Waals surface area contributed by atoms with Crippen molar-refractivity contribution in [1.29, 1.82) is 0 Å². The Labute approximate surface area is 168 Å². The molecule has 0 bridgehead atoms. The number of halogens is 4. The standard InChI is InChI=1S/C18H25F3N6.ClH/c1-2-26-8-7-23-16(26)12-27(15-10-17(15)3-5-22-6-4-17)11-13-9-14(25-24-13)18(19,20)21;/h7-9,15,22H,2-6,10-12H2,1H3,(H,24,25);1H. The lowest BCUT2D eigenvalue weighted by molar-refractivity contribution is -0.141. The number of imidazole rings is 1. The van der Waals surface area contributed by atoms with Crippen molar-refractivity contribution in [2.24, 2.45) is 5.41 Å². The number of aromatic amines is 1. The molecule has 1 spiro atoms. The van der Waals surface area contributed by atoms with Crippen LogP contribution in [-0.2, 0) is 25.8 Å². The van der Waals surface area contributed by atoms with Gasteiger partial charge in [0.2, 0.25) is 0 Å². The van der Waals surface area contributed by atoms with Crippen LogP contribution in [0.5, 0.6) is 0 Å². The molecule has 2 aliphatic rings. The van der Waals surface area contributed by atoms with Gasteiger partial charge in [-0.3, -0.25) is 10.00 Å². The molecule has 0 aromatic carbocycles. The maximum atomic E-state index is 12.9. The van der Waals surface area contributed by atoms with Crippen molar-refractivity contribution in [1.82, 2.24) is 30.0 Å². The van der Waals surface area contributed by atoms with E-state index >= 15 is 0 Å². The Morgan fingerprint density at radius 1 is 1.29 bits per heavy atom. The van der Waals surface area contributed by atoms with Gasteiger partial charge in [0.25, 0.3) is 0 Å². The number of nitrogens with zero attached hydrogens (tertiary/aromatic N) is 4. The van der Waals surface area contributed by atoms with Gasteiger partial charge in [0.15, 0.2) is 5.69 Å². The van der Waals surface area contributed by atoms with Gasteiger partial charge in [-0.2, -0.15) is 18.3 Å². The summed E-state index contributed by atoms with van der Waals surface area (Å²) < 4.78 is 40.7. The third-order valence-corrected chi connectivity index (χ3v) is 5.97. The molecule has 4 rings (SSSR count). The van der Waals surface area contributed by atoms with Gasteiger partial charge in [-0.25, -0.2) is 4.98 Å². The summed E-state index contributed by atoms with van der Waals surface area (Å²) in [6.07, 6.45) is 2.64. The average molecular weight is 419 g/mol. The van der Waals surface area contributed by atoms with E-state index in [1.54, 1.807) is 6.20 Å². The minimum absolute atomic E-state index is 0. The van der Waals surface area contributed by atoms with Gasteiger partial charge >= 0.3 is 6.18 Å². The third-order valence-electron chi connectivity index (χ3n) is 5.97. The first-order valence-corrected chi connectivity index (χ1v) is 9.47. The minimum atomic E-state index is -4.42. The fraction of sp³-hybridized carbons (Fsp3) is 0.667. The van der Waals surface area contributed by atoms with E-state index in [1.165, 1.54) is 0 Å². The quantitative estimate of drug-likeness (QED) is 0.756. The Kier molecular flexibility index (Phi) is 6.07. The number of H-pyrrole nitrogens is 1. The zero-order valence-corrected chi connectivity index (χ0v) is 16.6. The monoisotopic (exact) mass is 418 g/mol. The zero-order chi connectivity index (χ0) is 19.1. The highest BCUT2D eigenvalue weighted by Gasteiger charge is 2.56. The van der Waals surface area contributed by atoms with Gasteiger partial charge in [-0.05, 0) is 50.8 Å². The predicted molar refractivity (Wildman–Crippen MR) is 101 cm³/mol. The molecule has 10 heteroatoms. The van der Waals surface area contributed by atoms with E-state index < -0.39 is 11.9 Å². The SMILES string of the molecule is CCn1ccnc1CN(Cc1cc(C(F)(F)F)n[nH]1)C1CC12CCNCC2.Cl. The number of nitrogens with one attached hydrogen (secondary N) is 2. The Morgan fingerprint density at radius 2 is 2.04 bits per heavy atom. The molecule has 1 aliphatic carbocycles. The number of hydrogen-bond donors (Lipinski definition) is 2. The average Bonchev–Trinajstić information content (AvgIpc) is 3.02. The third kappa shape index (κ3) is 4.21. The van der Waals surface area contributed by atoms with Gasteiger partial charge < -0.3 is 9.88 Å². The highest BCUT2D eigenvalue weighted by molar-refractivity contribution is 5.85. The number of piperidine rings is 1. The molecule has 1 saturated carbocycles. The van der Waals surface area contributed by atoms with Crippen LogP contribution in [0.2, 0.25) is 0 Å². The lowest BCUT2D eigenvalue weighted by Crippen LogP contribution is -2.36. The van der Waals surface area contributed by atoms with Crippen LogP contribution in [0.25, 0.3) is 0 Å². The summed E-state index contributed by atoms with van der Waals surface area (Å²) in [6, 6.07) is 1.50. The Morgan fingerprint density at radius 3 is 2.68 bits per heavy atom. The van der Waals surface area contributed by atoms with Crippen molar-refractivity contribution < 1.29 is 13.2 Å². The molecule has 28 heavy (non-hydrogen) atoms. The number of hydrogen-bond acceptors (Lipinski definition) is 4. The molecule has 156 valence electrons. The Hall–Kier alpha value is -1.58. The van der Waals surface area contributed by atoms with Crippen LogP contribution >= 0.6 is 12.4 Å². The summed E-state index contributed by atoms with van der Waals surface area (Å²) in [5.41, 5.74) is -0.0744. The molecular weight excluding hydrogens is 393 g/mol. The lowest BCUT2D eigenvalue weighted by atomic mass is 9.93. The smallest absolute Gasteiger partial charge is 0.334 e. The zero-order valence-electron chi connectivity index (χ0n) is 15.8. The van der Waals surface area contributed by atoms with Crippen molar-refractivity contribution in [3.8, 4) is 0 Å². The second kappa shape index (κ2) is 8.04. The van der Waals surface area contributed by atoms with Crippen molar-refractivity contribution >= 4 is 12.4 Å². The first kappa shape index (κ1) is 21.1. The predicted octanol–water partition coefficient (Wildman–Crippen LogP) is 3.21. The second-order valence-electron chi connectivity index (χ2n) is 7.64. The van der Waals surface area contributed by atoms with Crippen LogP contribution in [-0.4, -0.2) is 43.8 Å². The minimum Gasteiger partial charge on any atom is -0.334 e. The Balaban J connectivity index is 0.00000225. The first-order valence-electron chi connectivity index (χ1n) is 9.47. The molecule has 1 aliphatic heterocycles. The molecule has 3 heterocycles. The van der Waals surface area contributed by atoms with Crippen LogP contribution < -0.4 is 5.32 Å². The summed E-state index contributed by atoms with van der Waals surface area (Å²) in [5, 5.41) is 9.42. The maximum absolute atomic E-state index is 12.9. The molecule has 2 aromatic heterocycles. The van der Waals surface area contributed by atoms with Crippen molar-refractivity contribution in [2.75, 3.05) is 13.1 Å². The molecule has 6 nitrogen and oxygen atoms in total. The van der Waals surface area contributed by atoms with Crippen molar-refractivity contribution in [2.45, 2.75) is 58.0 Å². The molecule has 0 amide bonds. The second-order valence-corrected chi connectivity index (χ2v) is 7.64. The normalized spacial score (nSPS) is 21.1. The highest BCUT2D eigenvalue weighted by Crippen LogP contribution is 2.56. The van der Waals surface area contributed by atoms with Crippen LogP contribution in [0.4, 0.5) is 13.2 Å². The fourth-order valence-electron chi connectivity index (χ4n) is 4.35. The van der Waals surface area contributed by atoms with E-state index in [2.05, 4.69) is 36.9 Å². The molecule has 2 N–H and O–H groups in total. The van der Waals surface area contributed by atoms with E-state index in [9.17, 15) is 13.2 Å². The number of alkyl halides is 3. The summed E-state index contributed by atoms with van der Waals surface area (Å²) >= 11 is 0. The lowest BCUT2D eigenvalue weighted by Gasteiger charge is -2.29. The molecular formula is C18H26ClF3N6. The van der Waals surface area contributed by atoms with Gasteiger partial charge in [0.05, 0.1) is 6.54 Å². The van der Waals surface area contributed by atoms with Crippen LogP contribution in [0.1, 0.15) is 43.4 Å². The summed E-state index contributed by atoms with van der Waals surface area (Å²) in [5.74, 6) is 0.948. The van der Waals surface area contributed by atoms with Gasteiger partial charge in [-0.1, -0.05) is 0 Å². The van der Waals surface area contributed by atoms with Crippen molar-refractivity contribution in [3.05, 3.63) is 35.7 Å². The Bertz CT molecular complexity index is 780. The van der Waals surface area contributed by atoms with Crippen molar-refractivity contribution in [3.63, 3.8) is 0 Å². The molecule has 2 fully saturated rings. The van der Waals surface area contributed by atoms with E-state index in [0.29, 0.717) is 30.2 Å². The van der Waals surface area contributed by atoms with Gasteiger partial charge in [0.1, 0.15) is 5.82 Å². The first-order chi connectivity index (χ1) is 12.9. The highest BCUT2D eigenvalue weighted by atomic mass is 35.5. The molecule has 1 atom stereocenters. The maximum Gasteiger partial charge on any atom is 0.435 e. The summed E-state index contributed by atoms with van der Waals surface area (Å²) in [7, 11) is 0. The number of rotatable bonds is 6. The summed E-state index contributed by atoms with van der Waals surface area (Å²) in [6.45, 7) is 5.95. The number of aryl methyl sites for hydroxylation is 1. The topological polar surface area (TPSA) is 61.8 Å². The molecule has 2 aromatic rings. The van der Waals surface area contributed by atoms with Gasteiger partial charge in [0, 0.05) is 37.2 Å². The van der Waals surface area contributed by atoms with Gasteiger partial charge in [-0.15, -0.1) is 12.4 Å². The van der Waals surface area contributed by atoms with E-state index in [1.807, 2.05) is 6.20 Å². The fourth-order valence-corrected chi connectivity index (χ4v) is 4.35. The molecule has 1 unspecified atom stereocenters. The van der Waals surface area contributed by atoms with Crippen LogP contribution in [0.15, 0.2) is 18.5 Å². The summed E-state index contributed by atoms with van der Waals surface area (Å²) in [4.78, 5) is 6.73. The van der Waals surface area contributed by atoms with E-state index in [0.717, 1.165) is 50.8 Å². The number of aromatic nitrogens is 4. The van der Waals surface area contributed by atoms with Crippen LogP contribution in [0.3, 0.4) is 0 Å². The largest absolute Gasteiger partial charge is 0.435 e. The molecule has 0 radical (unpaired) electrons. The van der Waals surface area contributed by atoms with E-state index in [-0.39, 0.29) is 12.4 Å². The van der Waals surface area contributed by atoms with Crippen LogP contribution in [0, 0.1) is 5.41 Å². The van der Waals surface area contributed by atoms with E-state index in [4.69, 9.17) is 0 Å². The molecule has 1 saturated heterocycles.